The monoisotopic (exact) mass is 2430 g/mol. The van der Waals surface area contributed by atoms with E-state index in [9.17, 15) is 46.0 Å². The second-order valence-corrected chi connectivity index (χ2v) is 92.9. The summed E-state index contributed by atoms with van der Waals surface area (Å²) in [6.45, 7) is 112. The van der Waals surface area contributed by atoms with Crippen molar-refractivity contribution in [1.82, 2.24) is 15.0 Å². The van der Waals surface area contributed by atoms with E-state index in [-0.39, 0.29) is 151 Å². The molecule has 809 valence electrons. The molecule has 0 aromatic rings. The molecule has 40 heteroatoms. The molecule has 0 saturated heterocycles. The summed E-state index contributed by atoms with van der Waals surface area (Å²) in [6.07, 6.45) is 5.22. The van der Waals surface area contributed by atoms with E-state index < -0.39 is 131 Å². The summed E-state index contributed by atoms with van der Waals surface area (Å²) in [7, 11) is -4.19. The summed E-state index contributed by atoms with van der Waals surface area (Å²) in [5, 5.41) is 107. The third kappa shape index (κ3) is 72.2. The molecule has 0 fully saturated rings. The molecule has 0 aliphatic heterocycles. The molecule has 0 aromatic heterocycles. The van der Waals surface area contributed by atoms with Crippen LogP contribution < -0.4 is 0 Å². The summed E-state index contributed by atoms with van der Waals surface area (Å²) in [4.78, 5) is 0. The van der Waals surface area contributed by atoms with Gasteiger partial charge in [0.25, 0.3) is 0 Å². The van der Waals surface area contributed by atoms with Gasteiger partial charge in [-0.3, -0.25) is 0 Å². The van der Waals surface area contributed by atoms with E-state index in [2.05, 4.69) is 265 Å². The molecule has 7 unspecified atom stereocenters. The van der Waals surface area contributed by atoms with E-state index in [4.69, 9.17) is 4.66 Å². The summed E-state index contributed by atoms with van der Waals surface area (Å²) in [6, 6.07) is 10.3. The first-order valence-corrected chi connectivity index (χ1v) is 77.6. The largest absolute Gasteiger partial charge is 0.388 e. The van der Waals surface area contributed by atoms with Gasteiger partial charge in [0.05, 0.1) is 81.5 Å². The molecular formula is C91H210Co9N12O9Si10. The normalized spacial score (nSPS) is 16.3. The van der Waals surface area contributed by atoms with Crippen LogP contribution in [0.1, 0.15) is 227 Å². The van der Waals surface area contributed by atoms with Gasteiger partial charge in [0.15, 0.2) is 49.4 Å². The van der Waals surface area contributed by atoms with Gasteiger partial charge < -0.3 is 88.9 Å². The van der Waals surface area contributed by atoms with Crippen LogP contribution in [0.3, 0.4) is 0 Å². The Morgan fingerprint density at radius 1 is 0.260 bits per heavy atom. The predicted octanol–water partition coefficient (Wildman–Crippen LogP) is 22.8. The average molecular weight is 2430 g/mol. The second-order valence-electron chi connectivity index (χ2n) is 43.0. The summed E-state index contributed by atoms with van der Waals surface area (Å²) >= 11 is 0. The maximum Gasteiger partial charge on any atom is 0.180 e. The summed E-state index contributed by atoms with van der Waals surface area (Å²) in [5.41, 5.74) is 3.59. The molecule has 0 heterocycles. The Labute approximate surface area is 914 Å². The SMILES string of the molecule is C=CC(C)(O)C(C)=NN(C)C.C=CC(C)(O)C(C)=N[Si](C)(C)C.CC(=NN(C)C)C(C)(O)[Si](C)(C)C.CC(=N[Si](C)(C)C)C(C)(C)O.CC(=N[Si](C)(C)C)C(C)(O)[Si](C)(C)C.CCC(C)(O)C(C)=N[Si](C)(C)C.CCC(O)(CC)C(C)=N[Si](C)(C)C.CC[Si](CC)(CC)C(C)(O)C(C)=NN(C)C.CC[Si](CC)(CC)N=C(C)C(C)(O)[Si](CC)(CC)CC.[Co].[Co].[Co].[Co].[Co].[Co].[Co].[Co].[Co]. The zero-order valence-corrected chi connectivity index (χ0v) is 114. The fourth-order valence-electron chi connectivity index (χ4n) is 12.5. The fourth-order valence-corrected chi connectivity index (χ4v) is 32.9. The van der Waals surface area contributed by atoms with Crippen molar-refractivity contribution in [2.24, 2.45) is 43.3 Å². The summed E-state index contributed by atoms with van der Waals surface area (Å²) in [5.74, 6) is 0. The molecule has 21 nitrogen and oxygen atoms in total. The fraction of sp³-hybridized carbons (Fsp3) is 0.857. The minimum absolute atomic E-state index is 0. The van der Waals surface area contributed by atoms with Crippen LogP contribution in [0.4, 0.5) is 0 Å². The Balaban J connectivity index is -0.0000000683. The van der Waals surface area contributed by atoms with E-state index in [1.165, 1.54) is 30.3 Å². The maximum absolute atomic E-state index is 11.3. The Kier molecular flexibility index (Phi) is 99.4. The van der Waals surface area contributed by atoms with Gasteiger partial charge in [-0.05, 0) is 260 Å². The Morgan fingerprint density at radius 2 is 0.458 bits per heavy atom. The third-order valence-electron chi connectivity index (χ3n) is 24.3. The third-order valence-corrected chi connectivity index (χ3v) is 53.6. The first-order chi connectivity index (χ1) is 53.6. The number of rotatable bonds is 36. The van der Waals surface area contributed by atoms with Crippen molar-refractivity contribution < 1.29 is 197 Å². The topological polar surface area (TPSA) is 303 Å². The van der Waals surface area contributed by atoms with Crippen molar-refractivity contribution in [2.45, 2.75) is 468 Å². The molecular weight excluding hydrogens is 2220 g/mol. The first-order valence-electron chi connectivity index (χ1n) is 45.5. The van der Waals surface area contributed by atoms with Crippen LogP contribution in [0.25, 0.3) is 0 Å². The van der Waals surface area contributed by atoms with E-state index in [0.717, 1.165) is 101 Å². The summed E-state index contributed by atoms with van der Waals surface area (Å²) < 4.78 is 28.0. The van der Waals surface area contributed by atoms with Crippen LogP contribution in [-0.4, -0.2) is 285 Å². The van der Waals surface area contributed by atoms with Crippen molar-refractivity contribution in [3.63, 3.8) is 0 Å². The van der Waals surface area contributed by atoms with E-state index in [1.807, 2.05) is 139 Å². The van der Waals surface area contributed by atoms with Gasteiger partial charge in [-0.15, -0.1) is 0 Å². The molecule has 0 bridgehead atoms. The number of nitrogens with zero attached hydrogens (tertiary/aromatic N) is 12. The van der Waals surface area contributed by atoms with E-state index in [0.29, 0.717) is 5.71 Å². The molecule has 0 aliphatic rings. The van der Waals surface area contributed by atoms with Crippen LogP contribution in [0.2, 0.25) is 192 Å². The van der Waals surface area contributed by atoms with Crippen LogP contribution in [0.15, 0.2) is 68.6 Å². The molecule has 7 atom stereocenters. The van der Waals surface area contributed by atoms with Crippen molar-refractivity contribution in [1.29, 1.82) is 0 Å². The van der Waals surface area contributed by atoms with Gasteiger partial charge in [-0.1, -0.05) is 184 Å². The molecule has 0 rings (SSSR count). The number of hydrogen-bond donors (Lipinski definition) is 9. The van der Waals surface area contributed by atoms with Gasteiger partial charge in [0.1, 0.15) is 16.8 Å². The number of aliphatic hydroxyl groups is 9. The van der Waals surface area contributed by atoms with Crippen LogP contribution in [-0.2, 0) is 151 Å². The average Bonchev–Trinajstić information content (AvgIpc) is 0.779. The molecule has 0 aromatic carbocycles. The minimum atomic E-state index is -1.70. The zero-order chi connectivity index (χ0) is 101. The Bertz CT molecular complexity index is 3270. The van der Waals surface area contributed by atoms with Crippen LogP contribution in [0, 0.1) is 0 Å². The molecule has 0 spiro atoms. The van der Waals surface area contributed by atoms with E-state index >= 15 is 0 Å². The van der Waals surface area contributed by atoms with Gasteiger partial charge in [-0.2, -0.15) is 15.3 Å². The molecule has 131 heavy (non-hydrogen) atoms. The molecule has 9 radical (unpaired) electrons. The Morgan fingerprint density at radius 3 is 0.656 bits per heavy atom. The smallest absolute Gasteiger partial charge is 0.180 e. The van der Waals surface area contributed by atoms with E-state index in [1.54, 1.807) is 49.6 Å². The standard InChI is InChI=1S/C16H37NOSi2.C12H28N2OSi.C10H25NOSi2.C10H23NOSi.C9H22N2OSi.C9H21NOSi.C9H19NOSi.C8H16N2O.C8H19NOSi.9Co/c1-9-19(10-2,11-3)16(8,18)15(7)17-20(12-4,13-5)14-6;1-8-16(9-2,10-3)12(5,15)11(4)13-14(6)7;1-9(11-14(6,7)8)10(2,12)13(3,4)5;1-7-10(12,8-2)9(3)11-13(4,5)6;1-8(10-11(3)4)9(2,12)13(5,6)7;2*1-7-9(3,11)8(2)10-12(4,5)6;1-6-8(3,11)7(2)9-10(4)5;1-7(8(2,3)10)9-11(4,5)6;;;;;;;;;/h18H,9-14H2,1-8H3;15H,8-10H2,1-7H3;12H,1-8H3;12H,7-8H2,1-6H3;12H,1-7H3;11H,7H2,1-6H3;7,11H,1H2,2-6H3;6,11H,1H2,2-5H3;10H,1-6H3;;;;;;;;;. The maximum atomic E-state index is 11.3. The number of hydrazone groups is 3. The molecule has 0 aliphatic carbocycles. The van der Waals surface area contributed by atoms with Crippen LogP contribution >= 0.6 is 0 Å². The molecule has 0 saturated carbocycles. The van der Waals surface area contributed by atoms with Gasteiger partial charge in [-0.25, -0.2) is 0 Å². The van der Waals surface area contributed by atoms with Gasteiger partial charge in [0.2, 0.25) is 0 Å². The van der Waals surface area contributed by atoms with Crippen molar-refractivity contribution >= 4 is 133 Å². The quantitative estimate of drug-likeness (QED) is 0.0122. The number of hydrogen-bond acceptors (Lipinski definition) is 21. The predicted molar refractivity (Wildman–Crippen MR) is 581 cm³/mol. The van der Waals surface area contributed by atoms with Crippen LogP contribution in [0.5, 0.6) is 0 Å². The van der Waals surface area contributed by atoms with Gasteiger partial charge >= 0.3 is 0 Å². The zero-order valence-electron chi connectivity index (χ0n) is 94.4. The molecule has 0 amide bonds. The Hall–Kier alpha value is 2.28. The van der Waals surface area contributed by atoms with Crippen molar-refractivity contribution in [3.05, 3.63) is 25.3 Å². The second kappa shape index (κ2) is 74.2. The van der Waals surface area contributed by atoms with Crippen molar-refractivity contribution in [2.75, 3.05) is 42.3 Å². The minimum Gasteiger partial charge on any atom is -0.388 e. The van der Waals surface area contributed by atoms with Gasteiger partial charge in [0, 0.05) is 228 Å². The molecule has 9 N–H and O–H groups in total. The first kappa shape index (κ1) is 175. The van der Waals surface area contributed by atoms with Crippen molar-refractivity contribution in [3.8, 4) is 0 Å².